The molecule has 1 aliphatic rings. The number of benzene rings is 1. The molecule has 1 N–H and O–H groups in total. The van der Waals surface area contributed by atoms with E-state index in [9.17, 15) is 4.79 Å². The quantitative estimate of drug-likeness (QED) is 0.829. The first-order valence-corrected chi connectivity index (χ1v) is 6.26. The molecule has 0 heterocycles. The van der Waals surface area contributed by atoms with Crippen molar-refractivity contribution in [2.45, 2.75) is 19.4 Å². The minimum Gasteiger partial charge on any atom is -0.483 e. The summed E-state index contributed by atoms with van der Waals surface area (Å²) in [6.07, 6.45) is 2.46. The average molecular weight is 249 g/mol. The first-order valence-electron chi connectivity index (χ1n) is 6.26. The van der Waals surface area contributed by atoms with Crippen LogP contribution in [0.2, 0.25) is 0 Å². The third-order valence-electron chi connectivity index (χ3n) is 3.15. The normalized spacial score (nSPS) is 14.3. The van der Waals surface area contributed by atoms with Crippen LogP contribution in [0, 0.1) is 5.92 Å². The molecule has 4 nitrogen and oxygen atoms in total. The van der Waals surface area contributed by atoms with Gasteiger partial charge in [0.25, 0.3) is 5.91 Å². The zero-order chi connectivity index (χ0) is 13.0. The summed E-state index contributed by atoms with van der Waals surface area (Å²) < 4.78 is 5.46. The Morgan fingerprint density at radius 3 is 2.83 bits per heavy atom. The lowest BCUT2D eigenvalue weighted by Crippen LogP contribution is -2.33. The summed E-state index contributed by atoms with van der Waals surface area (Å²) in [7, 11) is 1.81. The second kappa shape index (κ2) is 5.87. The Labute approximate surface area is 107 Å². The van der Waals surface area contributed by atoms with Crippen LogP contribution in [-0.2, 0) is 11.4 Å². The van der Waals surface area contributed by atoms with Crippen molar-refractivity contribution in [3.8, 4) is 5.75 Å². The highest BCUT2D eigenvalue weighted by Gasteiger charge is 2.24. The molecular weight excluding hydrogens is 230 g/mol. The summed E-state index contributed by atoms with van der Waals surface area (Å²) in [5, 5.41) is 9.14. The molecular formula is C14H19NO3. The van der Waals surface area contributed by atoms with Crippen LogP contribution in [0.25, 0.3) is 0 Å². The molecule has 1 aliphatic carbocycles. The lowest BCUT2D eigenvalue weighted by Gasteiger charge is -2.17. The number of hydrogen-bond donors (Lipinski definition) is 1. The number of carbonyl (C=O) groups excluding carboxylic acids is 1. The summed E-state index contributed by atoms with van der Waals surface area (Å²) in [5.41, 5.74) is 0.704. The molecule has 1 fully saturated rings. The first-order chi connectivity index (χ1) is 8.70. The zero-order valence-electron chi connectivity index (χ0n) is 10.6. The van der Waals surface area contributed by atoms with Crippen LogP contribution in [0.5, 0.6) is 5.75 Å². The van der Waals surface area contributed by atoms with Crippen LogP contribution in [-0.4, -0.2) is 36.1 Å². The summed E-state index contributed by atoms with van der Waals surface area (Å²) in [5.74, 6) is 1.24. The molecule has 0 saturated heterocycles. The van der Waals surface area contributed by atoms with Gasteiger partial charge in [0.05, 0.1) is 6.61 Å². The highest BCUT2D eigenvalue weighted by Crippen LogP contribution is 2.29. The van der Waals surface area contributed by atoms with E-state index in [0.717, 1.165) is 6.54 Å². The standard InChI is InChI=1S/C14H19NO3/c1-15(8-11-6-7-11)14(17)10-18-13-5-3-2-4-12(13)9-16/h2-5,11,16H,6-10H2,1H3. The molecule has 1 amide bonds. The fourth-order valence-corrected chi connectivity index (χ4v) is 1.81. The molecule has 0 atom stereocenters. The summed E-state index contributed by atoms with van der Waals surface area (Å²) in [6, 6.07) is 7.21. The van der Waals surface area contributed by atoms with E-state index in [0.29, 0.717) is 17.2 Å². The summed E-state index contributed by atoms with van der Waals surface area (Å²) in [6.45, 7) is 0.770. The zero-order valence-corrected chi connectivity index (χ0v) is 10.6. The van der Waals surface area contributed by atoms with Gasteiger partial charge in [-0.1, -0.05) is 18.2 Å². The summed E-state index contributed by atoms with van der Waals surface area (Å²) >= 11 is 0. The molecule has 0 aliphatic heterocycles. The van der Waals surface area contributed by atoms with Crippen molar-refractivity contribution < 1.29 is 14.6 Å². The van der Waals surface area contributed by atoms with E-state index in [1.165, 1.54) is 12.8 Å². The molecule has 1 aromatic carbocycles. The number of carbonyl (C=O) groups is 1. The van der Waals surface area contributed by atoms with Gasteiger partial charge in [0.1, 0.15) is 5.75 Å². The van der Waals surface area contributed by atoms with Gasteiger partial charge in [-0.25, -0.2) is 0 Å². The van der Waals surface area contributed by atoms with E-state index >= 15 is 0 Å². The van der Waals surface area contributed by atoms with E-state index in [4.69, 9.17) is 9.84 Å². The Bertz CT molecular complexity index is 415. The van der Waals surface area contributed by atoms with Gasteiger partial charge in [-0.15, -0.1) is 0 Å². The maximum Gasteiger partial charge on any atom is 0.260 e. The number of aliphatic hydroxyl groups excluding tert-OH is 1. The smallest absolute Gasteiger partial charge is 0.260 e. The fraction of sp³-hybridized carbons (Fsp3) is 0.500. The molecule has 0 bridgehead atoms. The number of hydrogen-bond acceptors (Lipinski definition) is 3. The molecule has 1 aromatic rings. The van der Waals surface area contributed by atoms with Gasteiger partial charge >= 0.3 is 0 Å². The molecule has 4 heteroatoms. The van der Waals surface area contributed by atoms with Gasteiger partial charge in [0.15, 0.2) is 6.61 Å². The monoisotopic (exact) mass is 249 g/mol. The second-order valence-electron chi connectivity index (χ2n) is 4.77. The second-order valence-corrected chi connectivity index (χ2v) is 4.77. The molecule has 0 radical (unpaired) electrons. The van der Waals surface area contributed by atoms with Crippen molar-refractivity contribution in [2.24, 2.45) is 5.92 Å². The maximum absolute atomic E-state index is 11.8. The van der Waals surface area contributed by atoms with Crippen molar-refractivity contribution in [2.75, 3.05) is 20.2 Å². The number of aliphatic hydroxyl groups is 1. The predicted molar refractivity (Wildman–Crippen MR) is 68.2 cm³/mol. The van der Waals surface area contributed by atoms with Crippen LogP contribution in [0.4, 0.5) is 0 Å². The Morgan fingerprint density at radius 1 is 1.44 bits per heavy atom. The average Bonchev–Trinajstić information content (AvgIpc) is 3.20. The third kappa shape index (κ3) is 3.47. The number of ether oxygens (including phenoxy) is 1. The van der Waals surface area contributed by atoms with Crippen molar-refractivity contribution >= 4 is 5.91 Å². The molecule has 2 rings (SSSR count). The molecule has 1 saturated carbocycles. The SMILES string of the molecule is CN(CC1CC1)C(=O)COc1ccccc1CO. The van der Waals surface area contributed by atoms with Gasteiger partial charge < -0.3 is 14.7 Å². The van der Waals surface area contributed by atoms with Crippen molar-refractivity contribution in [1.29, 1.82) is 0 Å². The van der Waals surface area contributed by atoms with Crippen LogP contribution >= 0.6 is 0 Å². The predicted octanol–water partition coefficient (Wildman–Crippen LogP) is 1.43. The Balaban J connectivity index is 1.84. The van der Waals surface area contributed by atoms with Gasteiger partial charge in [-0.2, -0.15) is 0 Å². The van der Waals surface area contributed by atoms with E-state index in [1.807, 2.05) is 19.2 Å². The Kier molecular flexibility index (Phi) is 4.20. The fourth-order valence-electron chi connectivity index (χ4n) is 1.81. The van der Waals surface area contributed by atoms with Crippen molar-refractivity contribution in [1.82, 2.24) is 4.90 Å². The third-order valence-corrected chi connectivity index (χ3v) is 3.15. The molecule has 98 valence electrons. The van der Waals surface area contributed by atoms with Crippen LogP contribution in [0.3, 0.4) is 0 Å². The number of amides is 1. The van der Waals surface area contributed by atoms with Crippen LogP contribution in [0.1, 0.15) is 18.4 Å². The minimum atomic E-state index is -0.0811. The lowest BCUT2D eigenvalue weighted by molar-refractivity contribution is -0.132. The molecule has 0 spiro atoms. The first kappa shape index (κ1) is 12.9. The van der Waals surface area contributed by atoms with Crippen molar-refractivity contribution in [3.63, 3.8) is 0 Å². The van der Waals surface area contributed by atoms with E-state index in [-0.39, 0.29) is 19.1 Å². The highest BCUT2D eigenvalue weighted by molar-refractivity contribution is 5.77. The maximum atomic E-state index is 11.8. The van der Waals surface area contributed by atoms with E-state index < -0.39 is 0 Å². The van der Waals surface area contributed by atoms with Gasteiger partial charge in [0.2, 0.25) is 0 Å². The number of likely N-dealkylation sites (N-methyl/N-ethyl adjacent to an activating group) is 1. The van der Waals surface area contributed by atoms with Crippen LogP contribution in [0.15, 0.2) is 24.3 Å². The van der Waals surface area contributed by atoms with E-state index in [1.54, 1.807) is 17.0 Å². The number of nitrogens with zero attached hydrogens (tertiary/aromatic N) is 1. The molecule has 0 unspecified atom stereocenters. The molecule has 18 heavy (non-hydrogen) atoms. The van der Waals surface area contributed by atoms with Gasteiger partial charge in [-0.05, 0) is 24.8 Å². The molecule has 0 aromatic heterocycles. The minimum absolute atomic E-state index is 0.0188. The van der Waals surface area contributed by atoms with Gasteiger partial charge in [0, 0.05) is 19.2 Å². The topological polar surface area (TPSA) is 49.8 Å². The van der Waals surface area contributed by atoms with Gasteiger partial charge in [-0.3, -0.25) is 4.79 Å². The highest BCUT2D eigenvalue weighted by atomic mass is 16.5. The Hall–Kier alpha value is -1.55. The van der Waals surface area contributed by atoms with E-state index in [2.05, 4.69) is 0 Å². The Morgan fingerprint density at radius 2 is 2.17 bits per heavy atom. The van der Waals surface area contributed by atoms with Crippen LogP contribution < -0.4 is 4.74 Å². The largest absolute Gasteiger partial charge is 0.483 e. The number of para-hydroxylation sites is 1. The number of rotatable bonds is 6. The summed E-state index contributed by atoms with van der Waals surface area (Å²) in [4.78, 5) is 13.5. The van der Waals surface area contributed by atoms with Crippen molar-refractivity contribution in [3.05, 3.63) is 29.8 Å². The lowest BCUT2D eigenvalue weighted by atomic mass is 10.2.